The fourth-order valence-corrected chi connectivity index (χ4v) is 3.73. The molecule has 3 heteroatoms. The fraction of sp³-hybridized carbons (Fsp3) is 1.00. The van der Waals surface area contributed by atoms with Gasteiger partial charge >= 0.3 is 0 Å². The van der Waals surface area contributed by atoms with E-state index in [9.17, 15) is 5.11 Å². The quantitative estimate of drug-likeness (QED) is 0.737. The van der Waals surface area contributed by atoms with Gasteiger partial charge in [0.1, 0.15) is 0 Å². The Balaban J connectivity index is 2.36. The maximum atomic E-state index is 9.53. The van der Waals surface area contributed by atoms with E-state index in [4.69, 9.17) is 0 Å². The second-order valence-corrected chi connectivity index (χ2v) is 6.75. The standard InChI is InChI=1S/C14H29NOS/c1-4-15-14(10-17-12(3)11(2)16)13-8-6-5-7-9-13/h11-16H,4-10H2,1-3H3. The van der Waals surface area contributed by atoms with Crippen LogP contribution in [0.1, 0.15) is 52.9 Å². The van der Waals surface area contributed by atoms with Gasteiger partial charge in [0.15, 0.2) is 0 Å². The van der Waals surface area contributed by atoms with Gasteiger partial charge in [-0.15, -0.1) is 0 Å². The van der Waals surface area contributed by atoms with Gasteiger partial charge < -0.3 is 10.4 Å². The Hall–Kier alpha value is 0.270. The average Bonchev–Trinajstić information content (AvgIpc) is 2.35. The van der Waals surface area contributed by atoms with Crippen LogP contribution >= 0.6 is 11.8 Å². The van der Waals surface area contributed by atoms with E-state index in [2.05, 4.69) is 19.2 Å². The van der Waals surface area contributed by atoms with Crippen LogP contribution in [-0.2, 0) is 0 Å². The molecule has 0 saturated heterocycles. The van der Waals surface area contributed by atoms with Crippen molar-refractivity contribution in [3.8, 4) is 0 Å². The smallest absolute Gasteiger partial charge is 0.0628 e. The summed E-state index contributed by atoms with van der Waals surface area (Å²) in [5.41, 5.74) is 0. The van der Waals surface area contributed by atoms with Crippen molar-refractivity contribution >= 4 is 11.8 Å². The molecule has 17 heavy (non-hydrogen) atoms. The lowest BCUT2D eigenvalue weighted by atomic mass is 9.84. The van der Waals surface area contributed by atoms with Crippen LogP contribution in [0.2, 0.25) is 0 Å². The molecule has 0 aromatic rings. The SMILES string of the molecule is CCNC(CSC(C)C(C)O)C1CCCCC1. The van der Waals surface area contributed by atoms with Crippen LogP contribution in [0.5, 0.6) is 0 Å². The second kappa shape index (κ2) is 8.39. The molecule has 1 aliphatic rings. The number of nitrogens with one attached hydrogen (secondary N) is 1. The number of aliphatic hydroxyl groups excluding tert-OH is 1. The van der Waals surface area contributed by atoms with Crippen molar-refractivity contribution in [2.24, 2.45) is 5.92 Å². The predicted molar refractivity (Wildman–Crippen MR) is 77.6 cm³/mol. The van der Waals surface area contributed by atoms with Crippen LogP contribution in [-0.4, -0.2) is 34.8 Å². The first kappa shape index (κ1) is 15.3. The summed E-state index contributed by atoms with van der Waals surface area (Å²) < 4.78 is 0. The highest BCUT2D eigenvalue weighted by molar-refractivity contribution is 7.99. The van der Waals surface area contributed by atoms with Crippen LogP contribution in [0.4, 0.5) is 0 Å². The number of hydrogen-bond donors (Lipinski definition) is 2. The van der Waals surface area contributed by atoms with Crippen molar-refractivity contribution in [2.75, 3.05) is 12.3 Å². The summed E-state index contributed by atoms with van der Waals surface area (Å²) in [7, 11) is 0. The molecule has 0 aromatic carbocycles. The third-order valence-electron chi connectivity index (χ3n) is 3.90. The second-order valence-electron chi connectivity index (χ2n) is 5.34. The molecule has 1 saturated carbocycles. The molecule has 0 aliphatic heterocycles. The van der Waals surface area contributed by atoms with E-state index >= 15 is 0 Å². The molecule has 1 rings (SSSR count). The van der Waals surface area contributed by atoms with E-state index in [0.717, 1.165) is 18.2 Å². The number of rotatable bonds is 7. The third kappa shape index (κ3) is 5.62. The minimum absolute atomic E-state index is 0.200. The van der Waals surface area contributed by atoms with Gasteiger partial charge in [0.25, 0.3) is 0 Å². The average molecular weight is 259 g/mol. The number of aliphatic hydroxyl groups is 1. The zero-order valence-corrected chi connectivity index (χ0v) is 12.4. The van der Waals surface area contributed by atoms with E-state index in [1.54, 1.807) is 0 Å². The van der Waals surface area contributed by atoms with Crippen molar-refractivity contribution in [1.82, 2.24) is 5.32 Å². The number of thioether (sulfide) groups is 1. The van der Waals surface area contributed by atoms with E-state index < -0.39 is 0 Å². The predicted octanol–water partition coefficient (Wildman–Crippen LogP) is 3.05. The zero-order valence-electron chi connectivity index (χ0n) is 11.6. The van der Waals surface area contributed by atoms with Gasteiger partial charge in [0, 0.05) is 17.0 Å². The number of hydrogen-bond acceptors (Lipinski definition) is 3. The molecule has 0 radical (unpaired) electrons. The summed E-state index contributed by atoms with van der Waals surface area (Å²) in [6, 6.07) is 0.645. The monoisotopic (exact) mass is 259 g/mol. The highest BCUT2D eigenvalue weighted by Gasteiger charge is 2.23. The first-order valence-corrected chi connectivity index (χ1v) is 8.23. The highest BCUT2D eigenvalue weighted by atomic mass is 32.2. The van der Waals surface area contributed by atoms with E-state index in [-0.39, 0.29) is 6.10 Å². The molecule has 0 spiro atoms. The molecule has 3 atom stereocenters. The lowest BCUT2D eigenvalue weighted by Crippen LogP contribution is -2.40. The lowest BCUT2D eigenvalue weighted by Gasteiger charge is -2.31. The van der Waals surface area contributed by atoms with Gasteiger partial charge in [-0.25, -0.2) is 0 Å². The third-order valence-corrected chi connectivity index (χ3v) is 5.37. The van der Waals surface area contributed by atoms with E-state index in [1.807, 2.05) is 18.7 Å². The Morgan fingerprint density at radius 1 is 1.24 bits per heavy atom. The van der Waals surface area contributed by atoms with Gasteiger partial charge in [0.05, 0.1) is 6.10 Å². The molecule has 1 aliphatic carbocycles. The lowest BCUT2D eigenvalue weighted by molar-refractivity contribution is 0.196. The van der Waals surface area contributed by atoms with Gasteiger partial charge in [-0.3, -0.25) is 0 Å². The van der Waals surface area contributed by atoms with Crippen LogP contribution < -0.4 is 5.32 Å². The Bertz CT molecular complexity index is 193. The first-order chi connectivity index (χ1) is 8.15. The molecule has 2 nitrogen and oxygen atoms in total. The maximum Gasteiger partial charge on any atom is 0.0628 e. The summed E-state index contributed by atoms with van der Waals surface area (Å²) in [6.07, 6.45) is 6.82. The van der Waals surface area contributed by atoms with Crippen molar-refractivity contribution in [3.63, 3.8) is 0 Å². The summed E-state index contributed by atoms with van der Waals surface area (Å²) in [6.45, 7) is 7.27. The van der Waals surface area contributed by atoms with Crippen molar-refractivity contribution in [3.05, 3.63) is 0 Å². The molecular formula is C14H29NOS. The minimum Gasteiger partial charge on any atom is -0.392 e. The Morgan fingerprint density at radius 2 is 1.88 bits per heavy atom. The van der Waals surface area contributed by atoms with Gasteiger partial charge in [-0.2, -0.15) is 11.8 Å². The van der Waals surface area contributed by atoms with E-state index in [0.29, 0.717) is 11.3 Å². The molecular weight excluding hydrogens is 230 g/mol. The van der Waals surface area contributed by atoms with Gasteiger partial charge in [-0.05, 0) is 32.2 Å². The first-order valence-electron chi connectivity index (χ1n) is 7.18. The van der Waals surface area contributed by atoms with Crippen molar-refractivity contribution in [2.45, 2.75) is 70.3 Å². The molecule has 0 heterocycles. The summed E-state index contributed by atoms with van der Waals surface area (Å²) in [5, 5.41) is 13.5. The van der Waals surface area contributed by atoms with Crippen LogP contribution in [0.3, 0.4) is 0 Å². The maximum absolute atomic E-state index is 9.53. The van der Waals surface area contributed by atoms with Crippen LogP contribution in [0.25, 0.3) is 0 Å². The Kier molecular flexibility index (Phi) is 7.56. The summed E-state index contributed by atoms with van der Waals surface area (Å²) in [5.74, 6) is 2.00. The minimum atomic E-state index is -0.200. The molecule has 102 valence electrons. The summed E-state index contributed by atoms with van der Waals surface area (Å²) in [4.78, 5) is 0. The normalized spacial score (nSPS) is 23.3. The molecule has 1 fully saturated rings. The largest absolute Gasteiger partial charge is 0.392 e. The van der Waals surface area contributed by atoms with Crippen molar-refractivity contribution in [1.29, 1.82) is 0 Å². The zero-order chi connectivity index (χ0) is 12.7. The molecule has 3 unspecified atom stereocenters. The Morgan fingerprint density at radius 3 is 2.41 bits per heavy atom. The Labute approximate surface area is 111 Å². The van der Waals surface area contributed by atoms with Gasteiger partial charge in [0.2, 0.25) is 0 Å². The van der Waals surface area contributed by atoms with Crippen molar-refractivity contribution < 1.29 is 5.11 Å². The molecule has 2 N–H and O–H groups in total. The molecule has 0 aromatic heterocycles. The summed E-state index contributed by atoms with van der Waals surface area (Å²) >= 11 is 1.91. The van der Waals surface area contributed by atoms with Crippen LogP contribution in [0.15, 0.2) is 0 Å². The fourth-order valence-electron chi connectivity index (χ4n) is 2.56. The molecule has 0 bridgehead atoms. The highest BCUT2D eigenvalue weighted by Crippen LogP contribution is 2.29. The molecule has 0 amide bonds. The van der Waals surface area contributed by atoms with Gasteiger partial charge in [-0.1, -0.05) is 33.1 Å². The van der Waals surface area contributed by atoms with E-state index in [1.165, 1.54) is 32.1 Å². The van der Waals surface area contributed by atoms with Crippen LogP contribution in [0, 0.1) is 5.92 Å². The topological polar surface area (TPSA) is 32.3 Å².